The smallest absolute Gasteiger partial charge is 0.382 e. The van der Waals surface area contributed by atoms with E-state index < -0.39 is 18.3 Å². The normalized spacial score (nSPS) is 18.4. The summed E-state index contributed by atoms with van der Waals surface area (Å²) in [5.74, 6) is 0.655. The second-order valence-electron chi connectivity index (χ2n) is 7.46. The number of alkyl halides is 3. The van der Waals surface area contributed by atoms with Crippen molar-refractivity contribution in [2.24, 2.45) is 0 Å². The molecule has 1 aliphatic rings. The zero-order valence-electron chi connectivity index (χ0n) is 17.2. The van der Waals surface area contributed by atoms with Gasteiger partial charge in [-0.15, -0.1) is 0 Å². The largest absolute Gasteiger partial charge is 0.410 e. The number of nitrogens with zero attached hydrogens (tertiary/aromatic N) is 4. The molecular weight excluding hydrogens is 465 g/mol. The number of hydrogen-bond acceptors (Lipinski definition) is 5. The van der Waals surface area contributed by atoms with Crippen molar-refractivity contribution in [3.05, 3.63) is 45.7 Å². The van der Waals surface area contributed by atoms with Crippen LogP contribution in [0, 0.1) is 4.77 Å². The molecule has 0 unspecified atom stereocenters. The van der Waals surface area contributed by atoms with E-state index in [9.17, 15) is 13.2 Å². The van der Waals surface area contributed by atoms with Crippen molar-refractivity contribution in [3.63, 3.8) is 0 Å². The number of ether oxygens (including phenoxy) is 1. The Bertz CT molecular complexity index is 1120. The number of nitrogens with one attached hydrogen (secondary N) is 2. The molecule has 0 aliphatic carbocycles. The maximum absolute atomic E-state index is 13.9. The van der Waals surface area contributed by atoms with Crippen molar-refractivity contribution in [3.8, 4) is 11.5 Å². The molecule has 0 saturated heterocycles. The van der Waals surface area contributed by atoms with Crippen molar-refractivity contribution >= 4 is 29.6 Å². The van der Waals surface area contributed by atoms with Gasteiger partial charge in [0.05, 0.1) is 6.04 Å². The van der Waals surface area contributed by atoms with Gasteiger partial charge in [0.15, 0.2) is 16.6 Å². The summed E-state index contributed by atoms with van der Waals surface area (Å²) in [5.41, 5.74) is 1.03. The summed E-state index contributed by atoms with van der Waals surface area (Å²) < 4.78 is 50.3. The van der Waals surface area contributed by atoms with E-state index in [2.05, 4.69) is 20.6 Å². The maximum Gasteiger partial charge on any atom is 0.410 e. The first kappa shape index (κ1) is 22.8. The third-order valence-corrected chi connectivity index (χ3v) is 5.89. The molecule has 172 valence electrons. The molecule has 1 aliphatic heterocycles. The van der Waals surface area contributed by atoms with E-state index in [0.29, 0.717) is 47.5 Å². The number of hydrogen-bond donors (Lipinski definition) is 2. The molecule has 0 radical (unpaired) electrons. The zero-order valence-corrected chi connectivity index (χ0v) is 18.8. The Labute approximate surface area is 192 Å². The van der Waals surface area contributed by atoms with Crippen LogP contribution in [0.5, 0.6) is 0 Å². The van der Waals surface area contributed by atoms with E-state index in [1.807, 2.05) is 6.92 Å². The highest BCUT2D eigenvalue weighted by atomic mass is 35.5. The Hall–Kier alpha value is -2.37. The van der Waals surface area contributed by atoms with Crippen molar-refractivity contribution in [1.82, 2.24) is 24.5 Å². The second-order valence-corrected chi connectivity index (χ2v) is 8.28. The molecule has 2 atom stereocenters. The summed E-state index contributed by atoms with van der Waals surface area (Å²) >= 11 is 11.2. The Balaban J connectivity index is 1.67. The van der Waals surface area contributed by atoms with E-state index >= 15 is 0 Å². The number of fused-ring (bicyclic) bond motifs is 1. The van der Waals surface area contributed by atoms with Crippen LogP contribution in [-0.4, -0.2) is 43.9 Å². The lowest BCUT2D eigenvalue weighted by atomic mass is 9.97. The molecule has 0 spiro atoms. The number of anilines is 1. The molecule has 2 N–H and O–H groups in total. The average molecular weight is 487 g/mol. The molecular formula is C20H22ClF3N6OS. The van der Waals surface area contributed by atoms with Crippen LogP contribution in [0.2, 0.25) is 5.02 Å². The van der Waals surface area contributed by atoms with Crippen LogP contribution in [0.25, 0.3) is 11.5 Å². The van der Waals surface area contributed by atoms with Gasteiger partial charge in [0, 0.05) is 37.3 Å². The van der Waals surface area contributed by atoms with Crippen LogP contribution < -0.4 is 5.32 Å². The lowest BCUT2D eigenvalue weighted by Crippen LogP contribution is -2.35. The molecule has 7 nitrogen and oxygen atoms in total. The number of H-pyrrole nitrogens is 1. The number of aromatic amines is 1. The van der Waals surface area contributed by atoms with Crippen LogP contribution in [0.1, 0.15) is 37.4 Å². The molecule has 0 bridgehead atoms. The number of rotatable bonds is 7. The fourth-order valence-corrected chi connectivity index (χ4v) is 4.14. The van der Waals surface area contributed by atoms with Crippen LogP contribution in [0.3, 0.4) is 0 Å². The third-order valence-electron chi connectivity index (χ3n) is 5.32. The zero-order chi connectivity index (χ0) is 22.9. The fraction of sp³-hybridized carbons (Fsp3) is 0.450. The second kappa shape index (κ2) is 9.24. The van der Waals surface area contributed by atoms with Crippen molar-refractivity contribution in [2.75, 3.05) is 18.5 Å². The molecule has 4 rings (SSSR count). The van der Waals surface area contributed by atoms with Gasteiger partial charge in [0.25, 0.3) is 0 Å². The van der Waals surface area contributed by atoms with E-state index in [-0.39, 0.29) is 12.2 Å². The first-order valence-corrected chi connectivity index (χ1v) is 11.0. The van der Waals surface area contributed by atoms with E-state index in [1.165, 1.54) is 0 Å². The topological polar surface area (TPSA) is 72.7 Å². The standard InChI is InChI=1S/C20H22ClF3N6OS/c1-2-31-9-3-8-29-18(26-27-19(29)32)15-11-17-25-14(12-4-6-13(21)7-5-12)10-16(20(22,23)24)30(17)28-15/h4-7,11,14,16,25H,2-3,8-10H2,1H3,(H,27,32)/t14-,16+/m1/s1. The van der Waals surface area contributed by atoms with Gasteiger partial charge in [0.2, 0.25) is 0 Å². The molecule has 1 aromatic carbocycles. The van der Waals surface area contributed by atoms with Gasteiger partial charge in [-0.1, -0.05) is 23.7 Å². The third kappa shape index (κ3) is 4.69. The summed E-state index contributed by atoms with van der Waals surface area (Å²) in [6.45, 7) is 3.57. The van der Waals surface area contributed by atoms with Crippen LogP contribution >= 0.6 is 23.8 Å². The number of benzene rings is 1. The molecule has 2 aromatic heterocycles. The molecule has 0 amide bonds. The quantitative estimate of drug-likeness (QED) is 0.338. The minimum absolute atomic E-state index is 0.194. The van der Waals surface area contributed by atoms with Gasteiger partial charge >= 0.3 is 6.18 Å². The van der Waals surface area contributed by atoms with Crippen molar-refractivity contribution < 1.29 is 17.9 Å². The number of aromatic nitrogens is 5. The van der Waals surface area contributed by atoms with Gasteiger partial charge in [-0.2, -0.15) is 23.4 Å². The SMILES string of the molecule is CCOCCCn1c(-c2cc3n(n2)[C@H](C(F)(F)F)C[C@H](c2ccc(Cl)cc2)N3)n[nH]c1=S. The van der Waals surface area contributed by atoms with Crippen molar-refractivity contribution in [2.45, 2.75) is 44.6 Å². The Morgan fingerprint density at radius 1 is 1.28 bits per heavy atom. The van der Waals surface area contributed by atoms with E-state index in [0.717, 1.165) is 10.2 Å². The summed E-state index contributed by atoms with van der Waals surface area (Å²) in [6, 6.07) is 6.04. The highest BCUT2D eigenvalue weighted by Crippen LogP contribution is 2.44. The lowest BCUT2D eigenvalue weighted by molar-refractivity contribution is -0.173. The summed E-state index contributed by atoms with van der Waals surface area (Å²) in [5, 5.41) is 14.9. The fourth-order valence-electron chi connectivity index (χ4n) is 3.79. The summed E-state index contributed by atoms with van der Waals surface area (Å²) in [6.07, 6.45) is -3.97. The van der Waals surface area contributed by atoms with Gasteiger partial charge in [-0.3, -0.25) is 9.67 Å². The first-order chi connectivity index (χ1) is 15.3. The Morgan fingerprint density at radius 2 is 2.03 bits per heavy atom. The monoisotopic (exact) mass is 486 g/mol. The molecule has 3 heterocycles. The highest BCUT2D eigenvalue weighted by molar-refractivity contribution is 7.71. The van der Waals surface area contributed by atoms with Gasteiger partial charge in [-0.05, 0) is 43.3 Å². The highest BCUT2D eigenvalue weighted by Gasteiger charge is 2.46. The molecule has 32 heavy (non-hydrogen) atoms. The molecule has 3 aromatic rings. The predicted molar refractivity (Wildman–Crippen MR) is 117 cm³/mol. The Kier molecular flexibility index (Phi) is 6.59. The average Bonchev–Trinajstić information content (AvgIpc) is 3.33. The van der Waals surface area contributed by atoms with Crippen LogP contribution in [-0.2, 0) is 11.3 Å². The first-order valence-electron chi connectivity index (χ1n) is 10.2. The maximum atomic E-state index is 13.9. The lowest BCUT2D eigenvalue weighted by Gasteiger charge is -2.33. The van der Waals surface area contributed by atoms with Gasteiger partial charge in [0.1, 0.15) is 11.5 Å². The molecule has 0 saturated carbocycles. The molecule has 0 fully saturated rings. The summed E-state index contributed by atoms with van der Waals surface area (Å²) in [7, 11) is 0. The van der Waals surface area contributed by atoms with E-state index in [1.54, 1.807) is 34.9 Å². The minimum Gasteiger partial charge on any atom is -0.382 e. The van der Waals surface area contributed by atoms with Gasteiger partial charge < -0.3 is 10.1 Å². The Morgan fingerprint density at radius 3 is 2.72 bits per heavy atom. The van der Waals surface area contributed by atoms with Crippen LogP contribution in [0.15, 0.2) is 30.3 Å². The van der Waals surface area contributed by atoms with E-state index in [4.69, 9.17) is 28.6 Å². The summed E-state index contributed by atoms with van der Waals surface area (Å²) in [4.78, 5) is 0. The van der Waals surface area contributed by atoms with Gasteiger partial charge in [-0.25, -0.2) is 4.68 Å². The number of halogens is 4. The minimum atomic E-state index is -4.47. The predicted octanol–water partition coefficient (Wildman–Crippen LogP) is 5.54. The molecule has 12 heteroatoms. The van der Waals surface area contributed by atoms with Crippen molar-refractivity contribution in [1.29, 1.82) is 0 Å². The van der Waals surface area contributed by atoms with Crippen LogP contribution in [0.4, 0.5) is 19.0 Å².